The number of fused-ring (bicyclic) bond motifs is 1. The van der Waals surface area contributed by atoms with Gasteiger partial charge >= 0.3 is 5.69 Å². The number of amides is 1. The lowest BCUT2D eigenvalue weighted by molar-refractivity contribution is -0.116. The number of hydrogen-bond acceptors (Lipinski definition) is 6. The van der Waals surface area contributed by atoms with Crippen LogP contribution >= 0.6 is 0 Å². The van der Waals surface area contributed by atoms with Crippen LogP contribution in [0.25, 0.3) is 22.4 Å². The molecular weight excluding hydrogens is 376 g/mol. The Bertz CT molecular complexity index is 1300. The summed E-state index contributed by atoms with van der Waals surface area (Å²) in [5.74, 6) is -0.237. The second-order valence-corrected chi connectivity index (χ2v) is 6.24. The van der Waals surface area contributed by atoms with Crippen LogP contribution in [0.1, 0.15) is 7.43 Å². The third-order valence-electron chi connectivity index (χ3n) is 4.37. The Labute approximate surface area is 165 Å². The highest BCUT2D eigenvalue weighted by molar-refractivity contribution is 5.90. The van der Waals surface area contributed by atoms with Gasteiger partial charge in [-0.05, 0) is 0 Å². The van der Waals surface area contributed by atoms with E-state index >= 15 is 0 Å². The fraction of sp³-hybridized carbons (Fsp3) is 0.211. The van der Waals surface area contributed by atoms with Gasteiger partial charge in [0.1, 0.15) is 12.2 Å². The Balaban J connectivity index is 0.00000240. The molecule has 0 aliphatic carbocycles. The van der Waals surface area contributed by atoms with Gasteiger partial charge in [-0.2, -0.15) is 0 Å². The number of carbonyl (C=O) groups is 1. The van der Waals surface area contributed by atoms with Crippen molar-refractivity contribution >= 4 is 23.0 Å². The minimum atomic E-state index is -0.519. The molecule has 4 aromatic rings. The molecule has 0 spiro atoms. The summed E-state index contributed by atoms with van der Waals surface area (Å²) < 4.78 is 8.78. The number of carbonyl (C=O) groups excluding carboxylic acids is 1. The number of benzene rings is 1. The minimum Gasteiger partial charge on any atom is -0.338 e. The van der Waals surface area contributed by atoms with Gasteiger partial charge in [-0.1, -0.05) is 42.9 Å². The zero-order valence-electron chi connectivity index (χ0n) is 15.1. The first-order valence-corrected chi connectivity index (χ1v) is 8.38. The van der Waals surface area contributed by atoms with Crippen LogP contribution in [0.5, 0.6) is 0 Å². The molecule has 3 heterocycles. The quantitative estimate of drug-likeness (QED) is 0.557. The normalized spacial score (nSPS) is 10.7. The second-order valence-electron chi connectivity index (χ2n) is 6.24. The van der Waals surface area contributed by atoms with E-state index in [0.29, 0.717) is 5.69 Å². The third-order valence-corrected chi connectivity index (χ3v) is 4.37. The summed E-state index contributed by atoms with van der Waals surface area (Å²) in [6.45, 7) is -0.175. The van der Waals surface area contributed by atoms with E-state index in [1.165, 1.54) is 29.6 Å². The number of imidazole rings is 1. The van der Waals surface area contributed by atoms with Crippen LogP contribution in [0.15, 0.2) is 56.8 Å². The van der Waals surface area contributed by atoms with E-state index in [9.17, 15) is 14.4 Å². The van der Waals surface area contributed by atoms with Crippen LogP contribution in [-0.4, -0.2) is 29.7 Å². The van der Waals surface area contributed by atoms with E-state index in [-0.39, 0.29) is 31.0 Å². The molecule has 3 aromatic heterocycles. The summed E-state index contributed by atoms with van der Waals surface area (Å²) >= 11 is 0. The first-order valence-electron chi connectivity index (χ1n) is 8.38. The van der Waals surface area contributed by atoms with E-state index in [2.05, 4.69) is 15.5 Å². The zero-order valence-corrected chi connectivity index (χ0v) is 15.1. The number of aryl methyl sites for hydroxylation is 1. The lowest BCUT2D eigenvalue weighted by Crippen LogP contribution is -2.37. The fourth-order valence-corrected chi connectivity index (χ4v) is 2.93. The largest absolute Gasteiger partial charge is 0.338 e. The Morgan fingerprint density at radius 3 is 2.59 bits per heavy atom. The van der Waals surface area contributed by atoms with Gasteiger partial charge in [-0.25, -0.2) is 9.78 Å². The van der Waals surface area contributed by atoms with Gasteiger partial charge in [0.05, 0.1) is 6.33 Å². The number of nitrogens with zero attached hydrogens (tertiary/aromatic N) is 5. The van der Waals surface area contributed by atoms with E-state index in [0.717, 1.165) is 10.1 Å². The van der Waals surface area contributed by atoms with Gasteiger partial charge in [0.2, 0.25) is 11.8 Å². The molecule has 0 radical (unpaired) electrons. The van der Waals surface area contributed by atoms with Crippen molar-refractivity contribution in [1.29, 1.82) is 0 Å². The monoisotopic (exact) mass is 396 g/mol. The molecule has 0 atom stereocenters. The molecule has 0 unspecified atom stereocenters. The first-order chi connectivity index (χ1) is 13.5. The van der Waals surface area contributed by atoms with E-state index < -0.39 is 17.2 Å². The maximum atomic E-state index is 12.4. The standard InChI is InChI=1S/C18H16N6O4.CH4/c1-22-16-15(17(26)23(2)18(22)27)24(10-19-16)9-13(25)20-14-8-12(21-28-14)11-6-4-3-5-7-11;/h3-8,10H,9H2,1-2H3,(H,20,25);1H4. The van der Waals surface area contributed by atoms with Crippen molar-refractivity contribution < 1.29 is 9.32 Å². The van der Waals surface area contributed by atoms with Gasteiger partial charge < -0.3 is 9.09 Å². The number of hydrogen-bond donors (Lipinski definition) is 1. The van der Waals surface area contributed by atoms with Crippen molar-refractivity contribution in [2.24, 2.45) is 14.1 Å². The summed E-state index contributed by atoms with van der Waals surface area (Å²) in [7, 11) is 2.89. The molecule has 1 aromatic carbocycles. The number of rotatable bonds is 4. The van der Waals surface area contributed by atoms with Crippen molar-refractivity contribution in [3.63, 3.8) is 0 Å². The summed E-state index contributed by atoms with van der Waals surface area (Å²) in [6, 6.07) is 11.0. The zero-order chi connectivity index (χ0) is 19.8. The number of aromatic nitrogens is 5. The molecule has 1 N–H and O–H groups in total. The van der Waals surface area contributed by atoms with Gasteiger partial charge in [-0.15, -0.1) is 0 Å². The molecule has 1 amide bonds. The van der Waals surface area contributed by atoms with Crippen LogP contribution in [0.2, 0.25) is 0 Å². The Morgan fingerprint density at radius 2 is 1.86 bits per heavy atom. The Morgan fingerprint density at radius 1 is 1.14 bits per heavy atom. The molecule has 0 bridgehead atoms. The molecule has 10 heteroatoms. The van der Waals surface area contributed by atoms with Crippen molar-refractivity contribution in [1.82, 2.24) is 23.8 Å². The lowest BCUT2D eigenvalue weighted by Gasteiger charge is -2.06. The lowest BCUT2D eigenvalue weighted by atomic mass is 10.2. The Kier molecular flexibility index (Phi) is 5.18. The maximum Gasteiger partial charge on any atom is 0.332 e. The van der Waals surface area contributed by atoms with E-state index in [1.54, 1.807) is 6.07 Å². The van der Waals surface area contributed by atoms with Crippen LogP contribution < -0.4 is 16.6 Å². The highest BCUT2D eigenvalue weighted by atomic mass is 16.5. The molecule has 10 nitrogen and oxygen atoms in total. The van der Waals surface area contributed by atoms with Gasteiger partial charge in [0.25, 0.3) is 5.56 Å². The smallest absolute Gasteiger partial charge is 0.332 e. The highest BCUT2D eigenvalue weighted by Gasteiger charge is 2.17. The SMILES string of the molecule is C.Cn1c(=O)c2c(ncn2CC(=O)Nc2cc(-c3ccccc3)no2)n(C)c1=O. The third kappa shape index (κ3) is 3.47. The number of nitrogens with one attached hydrogen (secondary N) is 1. The topological polar surface area (TPSA) is 117 Å². The summed E-state index contributed by atoms with van der Waals surface area (Å²) in [5, 5.41) is 6.53. The molecular formula is C19H20N6O4. The van der Waals surface area contributed by atoms with Gasteiger partial charge in [0, 0.05) is 25.7 Å². The summed E-state index contributed by atoms with van der Waals surface area (Å²) in [4.78, 5) is 40.9. The molecule has 0 saturated carbocycles. The minimum absolute atomic E-state index is 0. The molecule has 0 aliphatic rings. The molecule has 0 aliphatic heterocycles. The predicted octanol–water partition coefficient (Wildman–Crippen LogP) is 1.36. The summed E-state index contributed by atoms with van der Waals surface area (Å²) in [6.07, 6.45) is 1.35. The maximum absolute atomic E-state index is 12.4. The highest BCUT2D eigenvalue weighted by Crippen LogP contribution is 2.21. The second kappa shape index (κ2) is 7.58. The van der Waals surface area contributed by atoms with Crippen molar-refractivity contribution in [2.75, 3.05) is 5.32 Å². The van der Waals surface area contributed by atoms with E-state index in [4.69, 9.17) is 4.52 Å². The molecule has 150 valence electrons. The number of anilines is 1. The van der Waals surface area contributed by atoms with Crippen LogP contribution in [-0.2, 0) is 25.4 Å². The average molecular weight is 396 g/mol. The predicted molar refractivity (Wildman–Crippen MR) is 108 cm³/mol. The van der Waals surface area contributed by atoms with Crippen molar-refractivity contribution in [2.45, 2.75) is 14.0 Å². The van der Waals surface area contributed by atoms with Crippen LogP contribution in [0.4, 0.5) is 5.88 Å². The van der Waals surface area contributed by atoms with Crippen molar-refractivity contribution in [3.8, 4) is 11.3 Å². The van der Waals surface area contributed by atoms with Gasteiger partial charge in [0.15, 0.2) is 11.2 Å². The Hall–Kier alpha value is -3.95. The van der Waals surface area contributed by atoms with Crippen molar-refractivity contribution in [3.05, 3.63) is 63.6 Å². The van der Waals surface area contributed by atoms with Crippen LogP contribution in [0.3, 0.4) is 0 Å². The average Bonchev–Trinajstić information content (AvgIpc) is 3.33. The fourth-order valence-electron chi connectivity index (χ4n) is 2.93. The molecule has 4 rings (SSSR count). The van der Waals surface area contributed by atoms with Crippen LogP contribution in [0, 0.1) is 0 Å². The first kappa shape index (κ1) is 19.8. The van der Waals surface area contributed by atoms with Gasteiger partial charge in [-0.3, -0.25) is 24.0 Å². The summed E-state index contributed by atoms with van der Waals surface area (Å²) in [5.41, 5.74) is 0.829. The molecule has 0 saturated heterocycles. The molecule has 0 fully saturated rings. The van der Waals surface area contributed by atoms with E-state index in [1.807, 2.05) is 30.3 Å². The molecule has 29 heavy (non-hydrogen) atoms.